The molecule has 130 valence electrons. The van der Waals surface area contributed by atoms with Gasteiger partial charge in [0.05, 0.1) is 19.3 Å². The fourth-order valence-electron chi connectivity index (χ4n) is 3.48. The van der Waals surface area contributed by atoms with Crippen LogP contribution in [0.15, 0.2) is 4.52 Å². The van der Waals surface area contributed by atoms with E-state index in [1.807, 2.05) is 0 Å². The lowest BCUT2D eigenvalue weighted by atomic mass is 9.95. The number of rotatable bonds is 5. The summed E-state index contributed by atoms with van der Waals surface area (Å²) in [5, 5.41) is 4.09. The van der Waals surface area contributed by atoms with Crippen molar-refractivity contribution in [2.45, 2.75) is 45.6 Å². The van der Waals surface area contributed by atoms with Crippen LogP contribution in [0.25, 0.3) is 0 Å². The second-order valence-corrected chi connectivity index (χ2v) is 7.21. The van der Waals surface area contributed by atoms with E-state index in [4.69, 9.17) is 9.26 Å². The molecule has 0 saturated carbocycles. The monoisotopic (exact) mass is 322 g/mol. The standard InChI is InChI=1S/C17H30N4O2/c1-13(2)16-18-17(23-19-16)14(3)21-6-4-15(5-7-21)12-20-8-10-22-11-9-20/h13-15H,4-12H2,1-3H3/t14-/m0/s1. The van der Waals surface area contributed by atoms with Crippen LogP contribution in [0.3, 0.4) is 0 Å². The zero-order valence-corrected chi connectivity index (χ0v) is 14.7. The lowest BCUT2D eigenvalue weighted by molar-refractivity contribution is 0.0217. The molecule has 6 nitrogen and oxygen atoms in total. The van der Waals surface area contributed by atoms with E-state index >= 15 is 0 Å². The number of aromatic nitrogens is 2. The highest BCUT2D eigenvalue weighted by Crippen LogP contribution is 2.27. The Balaban J connectivity index is 1.47. The Bertz CT molecular complexity index is 477. The Kier molecular flexibility index (Phi) is 5.67. The molecule has 1 aromatic heterocycles. The van der Waals surface area contributed by atoms with Crippen LogP contribution in [-0.2, 0) is 4.74 Å². The molecule has 0 N–H and O–H groups in total. The van der Waals surface area contributed by atoms with Gasteiger partial charge in [-0.2, -0.15) is 4.98 Å². The van der Waals surface area contributed by atoms with Crippen molar-refractivity contribution in [3.63, 3.8) is 0 Å². The second kappa shape index (κ2) is 7.73. The van der Waals surface area contributed by atoms with E-state index in [0.717, 1.165) is 57.0 Å². The fraction of sp³-hybridized carbons (Fsp3) is 0.882. The number of piperidine rings is 1. The number of hydrogen-bond donors (Lipinski definition) is 0. The quantitative estimate of drug-likeness (QED) is 0.829. The van der Waals surface area contributed by atoms with Gasteiger partial charge in [0, 0.05) is 25.6 Å². The van der Waals surface area contributed by atoms with Crippen LogP contribution >= 0.6 is 0 Å². The molecule has 2 saturated heterocycles. The number of ether oxygens (including phenoxy) is 1. The van der Waals surface area contributed by atoms with Gasteiger partial charge in [0.25, 0.3) is 0 Å². The Hall–Kier alpha value is -0.980. The first kappa shape index (κ1) is 16.9. The Morgan fingerprint density at radius 3 is 2.39 bits per heavy atom. The smallest absolute Gasteiger partial charge is 0.243 e. The van der Waals surface area contributed by atoms with Gasteiger partial charge < -0.3 is 9.26 Å². The summed E-state index contributed by atoms with van der Waals surface area (Å²) in [7, 11) is 0. The molecule has 2 fully saturated rings. The molecule has 0 unspecified atom stereocenters. The molecular weight excluding hydrogens is 292 g/mol. The number of hydrogen-bond acceptors (Lipinski definition) is 6. The molecule has 3 heterocycles. The lowest BCUT2D eigenvalue weighted by Gasteiger charge is -2.37. The number of morpholine rings is 1. The molecule has 0 spiro atoms. The van der Waals surface area contributed by atoms with E-state index in [1.165, 1.54) is 19.4 Å². The van der Waals surface area contributed by atoms with Gasteiger partial charge in [-0.1, -0.05) is 19.0 Å². The third kappa shape index (κ3) is 4.31. The largest absolute Gasteiger partial charge is 0.379 e. The van der Waals surface area contributed by atoms with Crippen molar-refractivity contribution in [1.29, 1.82) is 0 Å². The molecule has 0 radical (unpaired) electrons. The van der Waals surface area contributed by atoms with E-state index in [9.17, 15) is 0 Å². The predicted molar refractivity (Wildman–Crippen MR) is 88.4 cm³/mol. The van der Waals surface area contributed by atoms with Crippen molar-refractivity contribution in [3.05, 3.63) is 11.7 Å². The van der Waals surface area contributed by atoms with Crippen LogP contribution in [-0.4, -0.2) is 65.9 Å². The first-order valence-corrected chi connectivity index (χ1v) is 9.01. The summed E-state index contributed by atoms with van der Waals surface area (Å²) in [6.07, 6.45) is 2.51. The zero-order valence-electron chi connectivity index (χ0n) is 14.7. The molecule has 1 atom stereocenters. The molecule has 0 amide bonds. The average Bonchev–Trinajstić information content (AvgIpc) is 3.06. The van der Waals surface area contributed by atoms with Gasteiger partial charge in [-0.15, -0.1) is 0 Å². The molecule has 0 aliphatic carbocycles. The summed E-state index contributed by atoms with van der Waals surface area (Å²) in [5.41, 5.74) is 0. The van der Waals surface area contributed by atoms with Gasteiger partial charge in [-0.25, -0.2) is 0 Å². The molecule has 3 rings (SSSR count). The molecule has 0 aromatic carbocycles. The molecular formula is C17H30N4O2. The highest BCUT2D eigenvalue weighted by molar-refractivity contribution is 4.96. The highest BCUT2D eigenvalue weighted by Gasteiger charge is 2.28. The van der Waals surface area contributed by atoms with E-state index in [2.05, 4.69) is 40.7 Å². The summed E-state index contributed by atoms with van der Waals surface area (Å²) >= 11 is 0. The van der Waals surface area contributed by atoms with Crippen molar-refractivity contribution in [3.8, 4) is 0 Å². The minimum atomic E-state index is 0.222. The number of likely N-dealkylation sites (tertiary alicyclic amines) is 1. The van der Waals surface area contributed by atoms with Crippen LogP contribution in [0.5, 0.6) is 0 Å². The highest BCUT2D eigenvalue weighted by atomic mass is 16.5. The van der Waals surface area contributed by atoms with Crippen molar-refractivity contribution >= 4 is 0 Å². The Labute approximate surface area is 139 Å². The molecule has 2 aliphatic rings. The normalized spacial score (nSPS) is 23.5. The maximum Gasteiger partial charge on any atom is 0.243 e. The van der Waals surface area contributed by atoms with Gasteiger partial charge in [0.15, 0.2) is 5.82 Å². The van der Waals surface area contributed by atoms with Gasteiger partial charge in [-0.05, 0) is 38.8 Å². The van der Waals surface area contributed by atoms with Crippen LogP contribution < -0.4 is 0 Å². The molecule has 2 aliphatic heterocycles. The fourth-order valence-corrected chi connectivity index (χ4v) is 3.48. The van der Waals surface area contributed by atoms with Crippen molar-refractivity contribution in [1.82, 2.24) is 19.9 Å². The topological polar surface area (TPSA) is 54.6 Å². The van der Waals surface area contributed by atoms with Gasteiger partial charge >= 0.3 is 0 Å². The minimum Gasteiger partial charge on any atom is -0.379 e. The van der Waals surface area contributed by atoms with E-state index in [1.54, 1.807) is 0 Å². The third-order valence-corrected chi connectivity index (χ3v) is 5.15. The summed E-state index contributed by atoms with van der Waals surface area (Å²) < 4.78 is 10.9. The van der Waals surface area contributed by atoms with Crippen LogP contribution in [0.2, 0.25) is 0 Å². The van der Waals surface area contributed by atoms with E-state index in [0.29, 0.717) is 5.92 Å². The predicted octanol–water partition coefficient (Wildman–Crippen LogP) is 2.30. The summed E-state index contributed by atoms with van der Waals surface area (Å²) in [6.45, 7) is 13.8. The molecule has 23 heavy (non-hydrogen) atoms. The number of nitrogens with zero attached hydrogens (tertiary/aromatic N) is 4. The van der Waals surface area contributed by atoms with E-state index < -0.39 is 0 Å². The van der Waals surface area contributed by atoms with Gasteiger partial charge in [-0.3, -0.25) is 9.80 Å². The third-order valence-electron chi connectivity index (χ3n) is 5.15. The minimum absolute atomic E-state index is 0.222. The van der Waals surface area contributed by atoms with Gasteiger partial charge in [0.2, 0.25) is 5.89 Å². The summed E-state index contributed by atoms with van der Waals surface area (Å²) in [4.78, 5) is 9.59. The second-order valence-electron chi connectivity index (χ2n) is 7.21. The summed E-state index contributed by atoms with van der Waals surface area (Å²) in [6, 6.07) is 0.222. The maximum absolute atomic E-state index is 5.46. The van der Waals surface area contributed by atoms with Crippen LogP contribution in [0.4, 0.5) is 0 Å². The van der Waals surface area contributed by atoms with Crippen LogP contribution in [0.1, 0.15) is 57.3 Å². The first-order valence-electron chi connectivity index (χ1n) is 9.01. The van der Waals surface area contributed by atoms with Crippen molar-refractivity contribution in [2.24, 2.45) is 5.92 Å². The average molecular weight is 322 g/mol. The van der Waals surface area contributed by atoms with Crippen LogP contribution in [0, 0.1) is 5.92 Å². The summed E-state index contributed by atoms with van der Waals surface area (Å²) in [5.74, 6) is 2.71. The molecule has 6 heteroatoms. The maximum atomic E-state index is 5.46. The first-order chi connectivity index (χ1) is 11.1. The molecule has 0 bridgehead atoms. The lowest BCUT2D eigenvalue weighted by Crippen LogP contribution is -2.43. The Morgan fingerprint density at radius 1 is 1.09 bits per heavy atom. The van der Waals surface area contributed by atoms with E-state index in [-0.39, 0.29) is 6.04 Å². The van der Waals surface area contributed by atoms with Crippen molar-refractivity contribution in [2.75, 3.05) is 45.9 Å². The SMILES string of the molecule is CC(C)c1noc([C@H](C)N2CCC(CN3CCOCC3)CC2)n1. The zero-order chi connectivity index (χ0) is 16.2. The van der Waals surface area contributed by atoms with Crippen molar-refractivity contribution < 1.29 is 9.26 Å². The Morgan fingerprint density at radius 2 is 1.78 bits per heavy atom. The molecule has 1 aromatic rings. The van der Waals surface area contributed by atoms with Gasteiger partial charge in [0.1, 0.15) is 0 Å².